The summed E-state index contributed by atoms with van der Waals surface area (Å²) in [5, 5.41) is 21.1. The Morgan fingerprint density at radius 2 is 1.64 bits per heavy atom. The van der Waals surface area contributed by atoms with E-state index < -0.39 is 35.6 Å². The third-order valence-corrected chi connectivity index (χ3v) is 7.12. The molecule has 3 rings (SSSR count). The van der Waals surface area contributed by atoms with Crippen LogP contribution in [-0.2, 0) is 29.0 Å². The first kappa shape index (κ1) is 30.1. The first-order valence-corrected chi connectivity index (χ1v) is 13.6. The third-order valence-electron chi connectivity index (χ3n) is 6.11. The van der Waals surface area contributed by atoms with Gasteiger partial charge in [-0.3, -0.25) is 14.4 Å². The Labute approximate surface area is 230 Å². The number of benzene rings is 2. The van der Waals surface area contributed by atoms with Crippen molar-refractivity contribution in [1.29, 1.82) is 0 Å². The zero-order valence-electron chi connectivity index (χ0n) is 21.9. The topological polar surface area (TPSA) is 108 Å². The number of rotatable bonds is 14. The van der Waals surface area contributed by atoms with Gasteiger partial charge >= 0.3 is 0 Å². The highest BCUT2D eigenvalue weighted by Gasteiger charge is 2.23. The molecule has 4 N–H and O–H groups in total. The van der Waals surface area contributed by atoms with Gasteiger partial charge in [0.15, 0.2) is 5.78 Å². The van der Waals surface area contributed by atoms with Crippen molar-refractivity contribution in [2.24, 2.45) is 0 Å². The summed E-state index contributed by atoms with van der Waals surface area (Å²) in [7, 11) is 0. The molecule has 1 heterocycles. The van der Waals surface area contributed by atoms with Crippen molar-refractivity contribution in [2.45, 2.75) is 58.2 Å². The molecule has 1 aromatic heterocycles. The number of carbonyl (C=O) groups excluding carboxylic acids is 3. The van der Waals surface area contributed by atoms with Gasteiger partial charge in [0, 0.05) is 38.9 Å². The molecule has 0 saturated heterocycles. The summed E-state index contributed by atoms with van der Waals surface area (Å²) in [6.45, 7) is 4.08. The Bertz CT molecular complexity index is 1280. The highest BCUT2D eigenvalue weighted by Crippen LogP contribution is 2.23. The fourth-order valence-electron chi connectivity index (χ4n) is 4.13. The van der Waals surface area contributed by atoms with Crippen molar-refractivity contribution in [3.8, 4) is 0 Å². The van der Waals surface area contributed by atoms with Crippen molar-refractivity contribution in [2.75, 3.05) is 11.9 Å². The number of Topliss-reactive ketones (excluding diaryl/α,β-unsaturated/α-hetero) is 1. The Kier molecular flexibility index (Phi) is 11.3. The molecule has 3 aromatic rings. The maximum absolute atomic E-state index is 13.8. The minimum Gasteiger partial charge on any atom is -0.390 e. The smallest absolute Gasteiger partial charge is 0.224 e. The van der Waals surface area contributed by atoms with Crippen molar-refractivity contribution in [1.82, 2.24) is 10.6 Å². The highest BCUT2D eigenvalue weighted by atomic mass is 32.1. The third kappa shape index (κ3) is 9.65. The Morgan fingerprint density at radius 3 is 2.33 bits per heavy atom. The minimum atomic E-state index is -1.08. The van der Waals surface area contributed by atoms with Gasteiger partial charge in [0.05, 0.1) is 22.7 Å². The summed E-state index contributed by atoms with van der Waals surface area (Å²) < 4.78 is 27.5. The van der Waals surface area contributed by atoms with Gasteiger partial charge < -0.3 is 21.1 Å². The van der Waals surface area contributed by atoms with Gasteiger partial charge in [-0.15, -0.1) is 11.3 Å². The molecular weight excluding hydrogens is 524 g/mol. The van der Waals surface area contributed by atoms with Gasteiger partial charge in [0.1, 0.15) is 11.6 Å². The number of nitrogens with one attached hydrogen (secondary N) is 3. The number of ketones is 1. The maximum atomic E-state index is 13.8. The fourth-order valence-corrected chi connectivity index (χ4v) is 4.88. The summed E-state index contributed by atoms with van der Waals surface area (Å²) in [4.78, 5) is 37.1. The van der Waals surface area contributed by atoms with Crippen molar-refractivity contribution in [3.63, 3.8) is 0 Å². The number of thiophene rings is 1. The van der Waals surface area contributed by atoms with Crippen LogP contribution in [0.5, 0.6) is 0 Å². The number of aryl methyl sites for hydroxylation is 1. The van der Waals surface area contributed by atoms with E-state index in [1.165, 1.54) is 23.8 Å². The van der Waals surface area contributed by atoms with Crippen LogP contribution in [0.25, 0.3) is 0 Å². The number of carbonyl (C=O) groups is 3. The van der Waals surface area contributed by atoms with E-state index in [-0.39, 0.29) is 37.2 Å². The van der Waals surface area contributed by atoms with Crippen LogP contribution in [0.15, 0.2) is 53.9 Å². The van der Waals surface area contributed by atoms with E-state index in [0.29, 0.717) is 17.1 Å². The molecule has 0 aliphatic carbocycles. The quantitative estimate of drug-likeness (QED) is 0.220. The molecule has 2 amide bonds. The second kappa shape index (κ2) is 14.6. The largest absolute Gasteiger partial charge is 0.390 e. The molecule has 0 bridgehead atoms. The van der Waals surface area contributed by atoms with E-state index in [1.807, 2.05) is 18.2 Å². The zero-order chi connectivity index (χ0) is 28.4. The molecule has 0 saturated carbocycles. The number of hydrogen-bond acceptors (Lipinski definition) is 6. The molecule has 208 valence electrons. The van der Waals surface area contributed by atoms with E-state index in [9.17, 15) is 28.3 Å². The van der Waals surface area contributed by atoms with Crippen molar-refractivity contribution in [3.05, 3.63) is 87.1 Å². The van der Waals surface area contributed by atoms with E-state index in [1.54, 1.807) is 11.4 Å². The maximum Gasteiger partial charge on any atom is 0.224 e. The van der Waals surface area contributed by atoms with E-state index >= 15 is 0 Å². The number of aliphatic hydroxyl groups is 1. The second-order valence-corrected chi connectivity index (χ2v) is 10.2. The summed E-state index contributed by atoms with van der Waals surface area (Å²) >= 11 is 1.21. The molecule has 0 aliphatic heterocycles. The molecule has 7 nitrogen and oxygen atoms in total. The molecule has 2 aromatic carbocycles. The molecule has 0 unspecified atom stereocenters. The standard InChI is InChI=1S/C29H33F2N3O4S/c1-3-19-5-4-6-20(11-19)16-32-17-26(36)25(14-21-12-22(30)15-23(31)13-21)34-28(38)8-7-27(37)33-24-9-10-39-29(24)18(2)35/h4-6,9-13,15,25-26,32,36H,3,7-8,14,16-17H2,1-2H3,(H,33,37)(H,34,38)/t25-,26-/m0/s1. The number of anilines is 1. The number of hydrogen-bond donors (Lipinski definition) is 4. The second-order valence-electron chi connectivity index (χ2n) is 9.30. The van der Waals surface area contributed by atoms with Crippen LogP contribution in [-0.4, -0.2) is 41.4 Å². The van der Waals surface area contributed by atoms with E-state index in [0.717, 1.165) is 30.2 Å². The van der Waals surface area contributed by atoms with Gasteiger partial charge in [0.25, 0.3) is 0 Å². The lowest BCUT2D eigenvalue weighted by atomic mass is 10.00. The van der Waals surface area contributed by atoms with Gasteiger partial charge in [-0.1, -0.05) is 31.2 Å². The summed E-state index contributed by atoms with van der Waals surface area (Å²) in [5.41, 5.74) is 2.90. The van der Waals surface area contributed by atoms with Crippen LogP contribution in [0, 0.1) is 11.6 Å². The van der Waals surface area contributed by atoms with Crippen molar-refractivity contribution >= 4 is 34.6 Å². The van der Waals surface area contributed by atoms with Gasteiger partial charge in [-0.05, 0) is 53.1 Å². The van der Waals surface area contributed by atoms with E-state index in [2.05, 4.69) is 28.9 Å². The summed E-state index contributed by atoms with van der Waals surface area (Å²) in [5.74, 6) is -2.62. The number of aliphatic hydroxyl groups excluding tert-OH is 1. The molecule has 0 spiro atoms. The molecule has 0 aliphatic rings. The van der Waals surface area contributed by atoms with Gasteiger partial charge in [0.2, 0.25) is 11.8 Å². The average molecular weight is 558 g/mol. The fraction of sp³-hybridized carbons (Fsp3) is 0.345. The van der Waals surface area contributed by atoms with Crippen LogP contribution in [0.4, 0.5) is 14.5 Å². The zero-order valence-corrected chi connectivity index (χ0v) is 22.7. The molecule has 10 heteroatoms. The van der Waals surface area contributed by atoms with Crippen LogP contribution >= 0.6 is 11.3 Å². The predicted octanol–water partition coefficient (Wildman–Crippen LogP) is 4.39. The number of halogens is 2. The monoisotopic (exact) mass is 557 g/mol. The average Bonchev–Trinajstić information content (AvgIpc) is 3.35. The Morgan fingerprint density at radius 1 is 0.949 bits per heavy atom. The lowest BCUT2D eigenvalue weighted by Gasteiger charge is -2.25. The molecule has 39 heavy (non-hydrogen) atoms. The number of amides is 2. The Hall–Kier alpha value is -3.47. The van der Waals surface area contributed by atoms with Crippen molar-refractivity contribution < 1.29 is 28.3 Å². The van der Waals surface area contributed by atoms with Crippen LogP contribution in [0.1, 0.15) is 53.1 Å². The van der Waals surface area contributed by atoms with Gasteiger partial charge in [-0.2, -0.15) is 0 Å². The molecule has 0 fully saturated rings. The lowest BCUT2D eigenvalue weighted by molar-refractivity contribution is -0.125. The van der Waals surface area contributed by atoms with Crippen LogP contribution < -0.4 is 16.0 Å². The highest BCUT2D eigenvalue weighted by molar-refractivity contribution is 7.12. The van der Waals surface area contributed by atoms with Crippen LogP contribution in [0.3, 0.4) is 0 Å². The first-order chi connectivity index (χ1) is 18.6. The predicted molar refractivity (Wildman–Crippen MR) is 148 cm³/mol. The SMILES string of the molecule is CCc1cccc(CNC[C@H](O)[C@H](Cc2cc(F)cc(F)c2)NC(=O)CCC(=O)Nc2ccsc2C(C)=O)c1. The molecule has 2 atom stereocenters. The molecule has 0 radical (unpaired) electrons. The molecular formula is C29H33F2N3O4S. The first-order valence-electron chi connectivity index (χ1n) is 12.7. The summed E-state index contributed by atoms with van der Waals surface area (Å²) in [6, 6.07) is 11.8. The normalized spacial score (nSPS) is 12.5. The van der Waals surface area contributed by atoms with Gasteiger partial charge in [-0.25, -0.2) is 8.78 Å². The van der Waals surface area contributed by atoms with Crippen LogP contribution in [0.2, 0.25) is 0 Å². The van der Waals surface area contributed by atoms with E-state index in [4.69, 9.17) is 0 Å². The minimum absolute atomic E-state index is 0.0162. The Balaban J connectivity index is 1.60. The summed E-state index contributed by atoms with van der Waals surface area (Å²) in [6.07, 6.45) is -0.520. The lowest BCUT2D eigenvalue weighted by Crippen LogP contribution is -2.48.